The standard InChI is InChI=1S/C23H29F3N6O3S/c24-23(25,26)19-2-1-13-31(19)36(34,35)16-7-5-15(6-8-16)29-21-20-18(10-12-28-22(20)33)32(30-21)17(9-11-27)14-3-4-14/h5-8,14,17-21,29-30H,1-4,9-10,12-13H2,(H,28,33)/t17-,18?,19?,20?,21?/m0/s1. The summed E-state index contributed by atoms with van der Waals surface area (Å²) in [5, 5.41) is 17.5. The summed E-state index contributed by atoms with van der Waals surface area (Å²) in [6.07, 6.45) is -1.99. The fourth-order valence-corrected chi connectivity index (χ4v) is 7.44. The molecule has 36 heavy (non-hydrogen) atoms. The van der Waals surface area contributed by atoms with E-state index in [4.69, 9.17) is 0 Å². The number of hydrazine groups is 1. The van der Waals surface area contributed by atoms with Gasteiger partial charge in [-0.3, -0.25) is 4.79 Å². The summed E-state index contributed by atoms with van der Waals surface area (Å²) >= 11 is 0. The lowest BCUT2D eigenvalue weighted by atomic mass is 9.90. The molecule has 4 unspecified atom stereocenters. The number of nitriles is 1. The predicted molar refractivity (Wildman–Crippen MR) is 123 cm³/mol. The third kappa shape index (κ3) is 4.67. The number of hydrogen-bond donors (Lipinski definition) is 3. The number of carbonyl (C=O) groups excluding carboxylic acids is 1. The molecule has 4 aliphatic rings. The number of benzene rings is 1. The zero-order valence-corrected chi connectivity index (χ0v) is 20.4. The first-order valence-corrected chi connectivity index (χ1v) is 13.7. The number of piperidine rings is 1. The van der Waals surface area contributed by atoms with Gasteiger partial charge in [0, 0.05) is 30.9 Å². The van der Waals surface area contributed by atoms with Crippen LogP contribution in [0.4, 0.5) is 18.9 Å². The highest BCUT2D eigenvalue weighted by atomic mass is 32.2. The number of alkyl halides is 3. The molecule has 3 N–H and O–H groups in total. The molecule has 3 saturated heterocycles. The second-order valence-electron chi connectivity index (χ2n) is 9.94. The molecule has 0 spiro atoms. The van der Waals surface area contributed by atoms with Crippen molar-refractivity contribution in [2.75, 3.05) is 18.4 Å². The number of nitrogens with one attached hydrogen (secondary N) is 3. The van der Waals surface area contributed by atoms with Gasteiger partial charge >= 0.3 is 6.18 Å². The molecule has 1 saturated carbocycles. The van der Waals surface area contributed by atoms with E-state index < -0.39 is 34.3 Å². The van der Waals surface area contributed by atoms with Gasteiger partial charge in [0.15, 0.2) is 0 Å². The van der Waals surface area contributed by atoms with Crippen LogP contribution in [0, 0.1) is 23.2 Å². The van der Waals surface area contributed by atoms with Crippen LogP contribution in [0.25, 0.3) is 0 Å². The van der Waals surface area contributed by atoms with E-state index in [9.17, 15) is 31.6 Å². The van der Waals surface area contributed by atoms with Crippen LogP contribution in [0.15, 0.2) is 29.2 Å². The fourth-order valence-electron chi connectivity index (χ4n) is 5.76. The highest BCUT2D eigenvalue weighted by molar-refractivity contribution is 7.89. The van der Waals surface area contributed by atoms with Gasteiger partial charge in [-0.25, -0.2) is 18.9 Å². The van der Waals surface area contributed by atoms with Crippen molar-refractivity contribution in [3.05, 3.63) is 24.3 Å². The van der Waals surface area contributed by atoms with Gasteiger partial charge in [-0.15, -0.1) is 0 Å². The van der Waals surface area contributed by atoms with Crippen molar-refractivity contribution in [2.24, 2.45) is 11.8 Å². The monoisotopic (exact) mass is 526 g/mol. The van der Waals surface area contributed by atoms with Gasteiger partial charge < -0.3 is 10.6 Å². The minimum Gasteiger partial charge on any atom is -0.368 e. The molecule has 1 aromatic carbocycles. The van der Waals surface area contributed by atoms with E-state index in [1.54, 1.807) is 0 Å². The number of hydrogen-bond acceptors (Lipinski definition) is 7. The maximum atomic E-state index is 13.3. The summed E-state index contributed by atoms with van der Waals surface area (Å²) in [6, 6.07) is 5.75. The molecule has 5 atom stereocenters. The van der Waals surface area contributed by atoms with Crippen LogP contribution < -0.4 is 16.1 Å². The first-order valence-electron chi connectivity index (χ1n) is 12.3. The third-order valence-corrected chi connectivity index (χ3v) is 9.57. The van der Waals surface area contributed by atoms with Crippen molar-refractivity contribution < 1.29 is 26.4 Å². The number of halogens is 3. The molecule has 1 aliphatic carbocycles. The summed E-state index contributed by atoms with van der Waals surface area (Å²) < 4.78 is 66.4. The number of carbonyl (C=O) groups is 1. The number of fused-ring (bicyclic) bond motifs is 1. The van der Waals surface area contributed by atoms with Crippen LogP contribution in [0.2, 0.25) is 0 Å². The van der Waals surface area contributed by atoms with E-state index in [2.05, 4.69) is 27.1 Å². The molecule has 0 radical (unpaired) electrons. The highest BCUT2D eigenvalue weighted by Crippen LogP contribution is 2.41. The molecule has 0 bridgehead atoms. The maximum Gasteiger partial charge on any atom is 0.405 e. The minimum atomic E-state index is -4.62. The van der Waals surface area contributed by atoms with Crippen molar-refractivity contribution in [2.45, 2.75) is 73.9 Å². The Morgan fingerprint density at radius 2 is 1.89 bits per heavy atom. The summed E-state index contributed by atoms with van der Waals surface area (Å²) in [7, 11) is -4.30. The van der Waals surface area contributed by atoms with Crippen molar-refractivity contribution in [3.63, 3.8) is 0 Å². The molecular weight excluding hydrogens is 497 g/mol. The quantitative estimate of drug-likeness (QED) is 0.499. The first-order chi connectivity index (χ1) is 17.1. The molecule has 1 amide bonds. The minimum absolute atomic E-state index is 0.00904. The molecule has 9 nitrogen and oxygen atoms in total. The van der Waals surface area contributed by atoms with Crippen LogP contribution in [-0.4, -0.2) is 67.2 Å². The summed E-state index contributed by atoms with van der Waals surface area (Å²) in [6.45, 7) is 0.383. The number of rotatable bonds is 7. The normalized spacial score (nSPS) is 30.4. The number of sulfonamides is 1. The number of anilines is 1. The Morgan fingerprint density at radius 1 is 1.17 bits per heavy atom. The average Bonchev–Trinajstić information content (AvgIpc) is 3.40. The fraction of sp³-hybridized carbons (Fsp3) is 0.652. The number of amides is 1. The predicted octanol–water partition coefficient (Wildman–Crippen LogP) is 2.16. The zero-order valence-electron chi connectivity index (χ0n) is 19.5. The van der Waals surface area contributed by atoms with Gasteiger partial charge in [-0.2, -0.15) is 22.7 Å². The van der Waals surface area contributed by atoms with Crippen molar-refractivity contribution in [3.8, 4) is 6.07 Å². The molecule has 0 aromatic heterocycles. The zero-order chi connectivity index (χ0) is 25.7. The Hall–Kier alpha value is -2.40. The van der Waals surface area contributed by atoms with Gasteiger partial charge in [-0.05, 0) is 62.3 Å². The average molecular weight is 527 g/mol. The Morgan fingerprint density at radius 3 is 2.53 bits per heavy atom. The maximum absolute atomic E-state index is 13.3. The van der Waals surface area contributed by atoms with Gasteiger partial charge in [0.2, 0.25) is 15.9 Å². The molecule has 1 aromatic rings. The Bertz CT molecular complexity index is 1140. The highest BCUT2D eigenvalue weighted by Gasteiger charge is 2.52. The van der Waals surface area contributed by atoms with E-state index in [0.717, 1.165) is 19.3 Å². The van der Waals surface area contributed by atoms with Gasteiger partial charge in [0.1, 0.15) is 12.2 Å². The number of nitrogens with zero attached hydrogens (tertiary/aromatic N) is 3. The Labute approximate surface area is 208 Å². The van der Waals surface area contributed by atoms with Crippen molar-refractivity contribution in [1.82, 2.24) is 20.1 Å². The van der Waals surface area contributed by atoms with Crippen LogP contribution in [0.5, 0.6) is 0 Å². The van der Waals surface area contributed by atoms with E-state index in [1.807, 2.05) is 0 Å². The first kappa shape index (κ1) is 25.3. The topological polar surface area (TPSA) is 118 Å². The summed E-state index contributed by atoms with van der Waals surface area (Å²) in [5.41, 5.74) is 3.92. The smallest absolute Gasteiger partial charge is 0.368 e. The van der Waals surface area contributed by atoms with E-state index in [0.29, 0.717) is 28.9 Å². The van der Waals surface area contributed by atoms with Crippen LogP contribution in [0.1, 0.15) is 38.5 Å². The Kier molecular flexibility index (Phi) is 6.65. The van der Waals surface area contributed by atoms with Gasteiger partial charge in [-0.1, -0.05) is 0 Å². The summed E-state index contributed by atoms with van der Waals surface area (Å²) in [5.74, 6) is -0.104. The van der Waals surface area contributed by atoms with Crippen LogP contribution >= 0.6 is 0 Å². The van der Waals surface area contributed by atoms with E-state index >= 15 is 0 Å². The Balaban J connectivity index is 1.33. The second kappa shape index (κ2) is 9.48. The van der Waals surface area contributed by atoms with E-state index in [-0.39, 0.29) is 42.3 Å². The molecule has 196 valence electrons. The van der Waals surface area contributed by atoms with Crippen LogP contribution in [-0.2, 0) is 14.8 Å². The molecule has 3 heterocycles. The van der Waals surface area contributed by atoms with Crippen LogP contribution in [0.3, 0.4) is 0 Å². The lowest BCUT2D eigenvalue weighted by molar-refractivity contribution is -0.165. The molecule has 3 aliphatic heterocycles. The molecule has 5 rings (SSSR count). The van der Waals surface area contributed by atoms with Crippen molar-refractivity contribution >= 4 is 21.6 Å². The largest absolute Gasteiger partial charge is 0.405 e. The van der Waals surface area contributed by atoms with Gasteiger partial charge in [0.05, 0.1) is 23.3 Å². The third-order valence-electron chi connectivity index (χ3n) is 7.65. The lowest BCUT2D eigenvalue weighted by Gasteiger charge is -2.34. The van der Waals surface area contributed by atoms with Crippen molar-refractivity contribution in [1.29, 1.82) is 5.26 Å². The van der Waals surface area contributed by atoms with E-state index in [1.165, 1.54) is 24.3 Å². The molecule has 13 heteroatoms. The lowest BCUT2D eigenvalue weighted by Crippen LogP contribution is -2.52. The molecular formula is C23H29F3N6O3S. The molecule has 4 fully saturated rings. The van der Waals surface area contributed by atoms with Gasteiger partial charge in [0.25, 0.3) is 0 Å². The SMILES string of the molecule is N#CC[C@@H](C1CC1)N1NC(Nc2ccc(S(=O)(=O)N3CCCC3C(F)(F)F)cc2)C2C(=O)NCCC21. The second-order valence-corrected chi connectivity index (χ2v) is 11.8. The summed E-state index contributed by atoms with van der Waals surface area (Å²) in [4.78, 5) is 12.6.